The summed E-state index contributed by atoms with van der Waals surface area (Å²) in [7, 11) is 0. The van der Waals surface area contributed by atoms with Gasteiger partial charge in [0.2, 0.25) is 5.91 Å². The fourth-order valence-electron chi connectivity index (χ4n) is 3.43. The molecule has 0 saturated heterocycles. The third kappa shape index (κ3) is 5.35. The summed E-state index contributed by atoms with van der Waals surface area (Å²) in [6.07, 6.45) is -2.79. The first-order valence-electron chi connectivity index (χ1n) is 10.5. The van der Waals surface area contributed by atoms with Crippen molar-refractivity contribution in [3.8, 4) is 22.5 Å². The molecule has 182 valence electrons. The molecule has 0 radical (unpaired) electrons. The largest absolute Gasteiger partial charge is 0.419 e. The van der Waals surface area contributed by atoms with Gasteiger partial charge in [0.05, 0.1) is 40.8 Å². The number of pyridine rings is 1. The Labute approximate surface area is 202 Å². The van der Waals surface area contributed by atoms with Gasteiger partial charge in [0, 0.05) is 17.3 Å². The molecular weight excluding hydrogens is 478 g/mol. The number of nitrogens with one attached hydrogen (secondary N) is 1. The third-order valence-corrected chi connectivity index (χ3v) is 5.05. The van der Waals surface area contributed by atoms with Crippen LogP contribution in [0.2, 0.25) is 0 Å². The van der Waals surface area contributed by atoms with Crippen molar-refractivity contribution in [1.82, 2.24) is 15.0 Å². The van der Waals surface area contributed by atoms with Crippen LogP contribution in [0.25, 0.3) is 22.5 Å². The van der Waals surface area contributed by atoms with Crippen molar-refractivity contribution in [3.05, 3.63) is 95.8 Å². The molecule has 0 aliphatic rings. The fourth-order valence-corrected chi connectivity index (χ4v) is 3.43. The fraction of sp³-hybridized carbons (Fsp3) is 0.0800. The number of nitrogens with two attached hydrogens (primary N) is 1. The molecule has 2 amide bonds. The minimum Gasteiger partial charge on any atom is -0.369 e. The van der Waals surface area contributed by atoms with Crippen molar-refractivity contribution in [2.75, 3.05) is 5.32 Å². The van der Waals surface area contributed by atoms with E-state index in [9.17, 15) is 27.2 Å². The zero-order valence-corrected chi connectivity index (χ0v) is 18.4. The minimum atomic E-state index is -5.06. The molecule has 11 heteroatoms. The van der Waals surface area contributed by atoms with Crippen molar-refractivity contribution in [3.63, 3.8) is 0 Å². The van der Waals surface area contributed by atoms with E-state index in [0.29, 0.717) is 11.6 Å². The summed E-state index contributed by atoms with van der Waals surface area (Å²) >= 11 is 0. The zero-order valence-electron chi connectivity index (χ0n) is 18.4. The predicted octanol–water partition coefficient (Wildman–Crippen LogP) is 4.64. The van der Waals surface area contributed by atoms with Crippen LogP contribution in [-0.4, -0.2) is 26.8 Å². The van der Waals surface area contributed by atoms with E-state index >= 15 is 0 Å². The molecule has 36 heavy (non-hydrogen) atoms. The van der Waals surface area contributed by atoms with E-state index in [-0.39, 0.29) is 34.9 Å². The summed E-state index contributed by atoms with van der Waals surface area (Å²) in [5.74, 6) is -3.49. The summed E-state index contributed by atoms with van der Waals surface area (Å²) in [5, 5.41) is 2.40. The molecule has 7 nitrogen and oxygen atoms in total. The number of halogens is 4. The molecule has 0 bridgehead atoms. The number of amides is 2. The van der Waals surface area contributed by atoms with Crippen LogP contribution in [0, 0.1) is 5.82 Å². The lowest BCUT2D eigenvalue weighted by Gasteiger charge is -2.15. The highest BCUT2D eigenvalue weighted by Crippen LogP contribution is 2.36. The molecular formula is C25H17F4N5O2. The van der Waals surface area contributed by atoms with E-state index < -0.39 is 34.9 Å². The van der Waals surface area contributed by atoms with E-state index in [2.05, 4.69) is 20.3 Å². The first kappa shape index (κ1) is 24.5. The average Bonchev–Trinajstić information content (AvgIpc) is 2.85. The quantitative estimate of drug-likeness (QED) is 0.379. The molecule has 2 heterocycles. The van der Waals surface area contributed by atoms with Gasteiger partial charge in [0.1, 0.15) is 11.6 Å². The monoisotopic (exact) mass is 495 g/mol. The molecule has 2 aromatic heterocycles. The molecule has 4 rings (SSSR count). The van der Waals surface area contributed by atoms with Crippen LogP contribution in [0.1, 0.15) is 21.7 Å². The smallest absolute Gasteiger partial charge is 0.369 e. The Morgan fingerprint density at radius 3 is 2.31 bits per heavy atom. The maximum absolute atomic E-state index is 15.0. The number of benzene rings is 2. The number of anilines is 1. The third-order valence-electron chi connectivity index (χ3n) is 5.05. The van der Waals surface area contributed by atoms with Crippen LogP contribution in [-0.2, 0) is 17.4 Å². The van der Waals surface area contributed by atoms with E-state index in [1.54, 1.807) is 42.5 Å². The highest BCUT2D eigenvalue weighted by molar-refractivity contribution is 6.06. The van der Waals surface area contributed by atoms with Gasteiger partial charge in [-0.1, -0.05) is 36.4 Å². The summed E-state index contributed by atoms with van der Waals surface area (Å²) < 4.78 is 55.8. The number of carbonyl (C=O) groups excluding carboxylic acids is 2. The van der Waals surface area contributed by atoms with Gasteiger partial charge in [-0.25, -0.2) is 14.4 Å². The maximum Gasteiger partial charge on any atom is 0.419 e. The Balaban J connectivity index is 1.79. The van der Waals surface area contributed by atoms with Gasteiger partial charge in [-0.3, -0.25) is 14.6 Å². The van der Waals surface area contributed by atoms with Crippen molar-refractivity contribution >= 4 is 17.5 Å². The number of primary amides is 1. The molecule has 0 aliphatic carbocycles. The topological polar surface area (TPSA) is 111 Å². The van der Waals surface area contributed by atoms with E-state index in [4.69, 9.17) is 5.73 Å². The minimum absolute atomic E-state index is 0.00406. The van der Waals surface area contributed by atoms with Gasteiger partial charge in [0.25, 0.3) is 5.91 Å². The van der Waals surface area contributed by atoms with E-state index in [0.717, 1.165) is 6.07 Å². The molecule has 0 unspecified atom stereocenters. The van der Waals surface area contributed by atoms with E-state index in [1.165, 1.54) is 18.5 Å². The Bertz CT molecular complexity index is 1430. The summed E-state index contributed by atoms with van der Waals surface area (Å²) in [4.78, 5) is 36.6. The molecule has 0 spiro atoms. The summed E-state index contributed by atoms with van der Waals surface area (Å²) in [5.41, 5.74) is 3.48. The molecule has 4 aromatic rings. The number of alkyl halides is 3. The molecule has 0 saturated carbocycles. The normalized spacial score (nSPS) is 11.2. The summed E-state index contributed by atoms with van der Waals surface area (Å²) in [6.45, 7) is 0. The number of carbonyl (C=O) groups is 2. The zero-order chi connectivity index (χ0) is 25.9. The Morgan fingerprint density at radius 1 is 0.944 bits per heavy atom. The van der Waals surface area contributed by atoms with Crippen LogP contribution in [0.3, 0.4) is 0 Å². The lowest BCUT2D eigenvalue weighted by Crippen LogP contribution is -2.20. The number of nitrogens with zero attached hydrogens (tertiary/aromatic N) is 3. The van der Waals surface area contributed by atoms with Crippen LogP contribution >= 0.6 is 0 Å². The van der Waals surface area contributed by atoms with Gasteiger partial charge in [0.15, 0.2) is 0 Å². The molecule has 0 atom stereocenters. The molecule has 0 aliphatic heterocycles. The molecule has 3 N–H and O–H groups in total. The number of hydrogen-bond donors (Lipinski definition) is 2. The molecule has 0 fully saturated rings. The summed E-state index contributed by atoms with van der Waals surface area (Å²) in [6, 6.07) is 14.6. The Kier molecular flexibility index (Phi) is 6.73. The van der Waals surface area contributed by atoms with Gasteiger partial charge in [-0.15, -0.1) is 0 Å². The van der Waals surface area contributed by atoms with Crippen molar-refractivity contribution < 1.29 is 27.2 Å². The number of aromatic nitrogens is 3. The highest BCUT2D eigenvalue weighted by atomic mass is 19.4. The second kappa shape index (κ2) is 9.90. The number of rotatable bonds is 6. The average molecular weight is 495 g/mol. The van der Waals surface area contributed by atoms with Crippen LogP contribution < -0.4 is 11.1 Å². The predicted molar refractivity (Wildman–Crippen MR) is 123 cm³/mol. The van der Waals surface area contributed by atoms with Gasteiger partial charge in [-0.05, 0) is 24.3 Å². The lowest BCUT2D eigenvalue weighted by atomic mass is 10.0. The second-order valence-electron chi connectivity index (χ2n) is 7.61. The van der Waals surface area contributed by atoms with Crippen LogP contribution in [0.4, 0.5) is 23.2 Å². The Hall–Kier alpha value is -4.67. The van der Waals surface area contributed by atoms with Crippen LogP contribution in [0.5, 0.6) is 0 Å². The van der Waals surface area contributed by atoms with Crippen LogP contribution in [0.15, 0.2) is 73.1 Å². The first-order valence-corrected chi connectivity index (χ1v) is 10.5. The molecule has 2 aromatic carbocycles. The van der Waals surface area contributed by atoms with Gasteiger partial charge < -0.3 is 11.1 Å². The van der Waals surface area contributed by atoms with Crippen molar-refractivity contribution in [2.24, 2.45) is 5.73 Å². The van der Waals surface area contributed by atoms with Gasteiger partial charge in [-0.2, -0.15) is 13.2 Å². The second-order valence-corrected chi connectivity index (χ2v) is 7.61. The first-order chi connectivity index (χ1) is 17.1. The van der Waals surface area contributed by atoms with Crippen molar-refractivity contribution in [2.45, 2.75) is 12.6 Å². The van der Waals surface area contributed by atoms with E-state index in [1.807, 2.05) is 0 Å². The van der Waals surface area contributed by atoms with Crippen molar-refractivity contribution in [1.29, 1.82) is 0 Å². The maximum atomic E-state index is 15.0. The SMILES string of the molecule is NC(=O)Cc1ncc(NC(=O)c2cc(-c3ccccn3)cc(C(F)(F)F)c2F)c(-c2ccccc2)n1. The highest BCUT2D eigenvalue weighted by Gasteiger charge is 2.37. The standard InChI is InChI=1S/C25H17F4N5O2/c26-22-16(10-15(11-17(22)25(27,28)29)18-8-4-5-9-31-18)24(36)33-19-13-32-21(12-20(30)35)34-23(19)14-6-2-1-3-7-14/h1-11,13H,12H2,(H2,30,35)(H,33,36). The number of hydrogen-bond acceptors (Lipinski definition) is 5. The lowest BCUT2D eigenvalue weighted by molar-refractivity contribution is -0.140. The van der Waals surface area contributed by atoms with Gasteiger partial charge >= 0.3 is 6.18 Å². The Morgan fingerprint density at radius 2 is 1.67 bits per heavy atom.